The van der Waals surface area contributed by atoms with E-state index in [1.807, 2.05) is 31.7 Å². The maximum atomic E-state index is 14.9. The lowest BCUT2D eigenvalue weighted by atomic mass is 9.74. The molecule has 0 saturated carbocycles. The molecule has 0 amide bonds. The first-order valence-corrected chi connectivity index (χ1v) is 20.7. The molecule has 7 heterocycles. The van der Waals surface area contributed by atoms with Crippen LogP contribution in [-0.4, -0.2) is 91.2 Å². The number of ether oxygens (including phenoxy) is 7. The molecule has 15 nitrogen and oxygen atoms in total. The number of hydrogen-bond donors (Lipinski definition) is 4. The Morgan fingerprint density at radius 1 is 1.00 bits per heavy atom. The predicted octanol–water partition coefficient (Wildman–Crippen LogP) is 4.07. The van der Waals surface area contributed by atoms with Crippen LogP contribution in [0.4, 0.5) is 0 Å². The summed E-state index contributed by atoms with van der Waals surface area (Å²) in [4.78, 5) is 42.4. The van der Waals surface area contributed by atoms with Gasteiger partial charge in [0.1, 0.15) is 18.6 Å². The molecule has 7 aliphatic heterocycles. The zero-order chi connectivity index (χ0) is 40.8. The third kappa shape index (κ3) is 5.74. The molecule has 308 valence electrons. The summed E-state index contributed by atoms with van der Waals surface area (Å²) >= 11 is 1.45. The third-order valence-corrected chi connectivity index (χ3v) is 13.9. The number of phenolic OH excluding ortho intramolecular Hbond substituents is 1. The average molecular weight is 818 g/mol. The maximum Gasteiger partial charge on any atom is 0.331 e. The molecule has 0 aromatic heterocycles. The lowest BCUT2D eigenvalue weighted by Gasteiger charge is -2.59. The molecule has 7 atom stereocenters. The van der Waals surface area contributed by atoms with Gasteiger partial charge in [0.25, 0.3) is 0 Å². The molecule has 4 bridgehead atoms. The van der Waals surface area contributed by atoms with Gasteiger partial charge in [0, 0.05) is 53.9 Å². The van der Waals surface area contributed by atoms with Crippen LogP contribution >= 0.6 is 11.8 Å². The third-order valence-electron chi connectivity index (χ3n) is 12.4. The number of piperazine rings is 1. The van der Waals surface area contributed by atoms with E-state index < -0.39 is 53.1 Å². The fraction of sp³-hybridized carbons (Fsp3) is 0.500. The van der Waals surface area contributed by atoms with Gasteiger partial charge in [0.2, 0.25) is 6.79 Å². The van der Waals surface area contributed by atoms with Crippen LogP contribution in [0.2, 0.25) is 0 Å². The van der Waals surface area contributed by atoms with Gasteiger partial charge in [-0.2, -0.15) is 0 Å². The number of nitrogens with one attached hydrogen (secondary N) is 2. The van der Waals surface area contributed by atoms with Crippen molar-refractivity contribution in [3.63, 3.8) is 0 Å². The number of carbonyl (C=O) groups is 3. The van der Waals surface area contributed by atoms with Crippen LogP contribution in [-0.2, 0) is 37.5 Å². The van der Waals surface area contributed by atoms with E-state index in [1.165, 1.54) is 32.9 Å². The first-order valence-electron chi connectivity index (χ1n) is 19.6. The van der Waals surface area contributed by atoms with E-state index >= 15 is 0 Å². The number of nitrogens with zero attached hydrogens (tertiary/aromatic N) is 1. The van der Waals surface area contributed by atoms with Gasteiger partial charge < -0.3 is 48.7 Å². The molecule has 0 aliphatic carbocycles. The Morgan fingerprint density at radius 2 is 1.79 bits per heavy atom. The molecule has 2 saturated heterocycles. The normalized spacial score (nSPS) is 27.7. The van der Waals surface area contributed by atoms with E-state index in [2.05, 4.69) is 10.6 Å². The molecule has 10 rings (SSSR count). The fourth-order valence-corrected chi connectivity index (χ4v) is 11.7. The highest BCUT2D eigenvalue weighted by Crippen LogP contribution is 2.63. The van der Waals surface area contributed by atoms with Crippen molar-refractivity contribution in [1.82, 2.24) is 15.5 Å². The Labute approximate surface area is 339 Å². The summed E-state index contributed by atoms with van der Waals surface area (Å²) in [5.41, 5.74) is 4.17. The Morgan fingerprint density at radius 3 is 2.53 bits per heavy atom. The zero-order valence-corrected chi connectivity index (χ0v) is 34.0. The van der Waals surface area contributed by atoms with Gasteiger partial charge >= 0.3 is 17.9 Å². The summed E-state index contributed by atoms with van der Waals surface area (Å²) < 4.78 is 41.9. The minimum atomic E-state index is -1.40. The molecule has 1 spiro atoms. The summed E-state index contributed by atoms with van der Waals surface area (Å²) in [5, 5.41) is 31.0. The molecule has 3 aromatic rings. The number of carbonyl (C=O) groups excluding carboxylic acids is 3. The van der Waals surface area contributed by atoms with Crippen molar-refractivity contribution in [2.24, 2.45) is 0 Å². The second kappa shape index (κ2) is 14.5. The quantitative estimate of drug-likeness (QED) is 0.206. The smallest absolute Gasteiger partial charge is 0.331 e. The van der Waals surface area contributed by atoms with Crippen molar-refractivity contribution in [1.29, 1.82) is 0 Å². The minimum absolute atomic E-state index is 0.0124. The molecule has 2 fully saturated rings. The van der Waals surface area contributed by atoms with E-state index in [0.717, 1.165) is 16.7 Å². The van der Waals surface area contributed by atoms with E-state index in [-0.39, 0.29) is 43.0 Å². The number of thioether (sulfide) groups is 1. The molecule has 3 aromatic carbocycles. The Balaban J connectivity index is 1.26. The summed E-state index contributed by atoms with van der Waals surface area (Å²) in [5.74, 6) is 0.783. The lowest BCUT2D eigenvalue weighted by Crippen LogP contribution is -2.69. The molecular weight excluding hydrogens is 771 g/mol. The molecule has 0 radical (unpaired) electrons. The zero-order valence-electron chi connectivity index (χ0n) is 33.2. The number of aliphatic hydroxyl groups is 1. The van der Waals surface area contributed by atoms with E-state index in [1.54, 1.807) is 12.1 Å². The van der Waals surface area contributed by atoms with Crippen LogP contribution in [0, 0.1) is 13.8 Å². The number of fused-ring (bicyclic) bond motifs is 9. The fourth-order valence-electron chi connectivity index (χ4n) is 10.0. The molecule has 4 N–H and O–H groups in total. The minimum Gasteiger partial charge on any atom is -0.504 e. The van der Waals surface area contributed by atoms with Crippen LogP contribution in [0.1, 0.15) is 88.5 Å². The van der Waals surface area contributed by atoms with Gasteiger partial charge in [-0.1, -0.05) is 13.0 Å². The van der Waals surface area contributed by atoms with Gasteiger partial charge in [0.15, 0.2) is 40.0 Å². The second-order valence-electron chi connectivity index (χ2n) is 15.7. The summed E-state index contributed by atoms with van der Waals surface area (Å²) in [6.07, 6.45) is 0.747. The molecular formula is C42H47N3O12S. The number of methoxy groups -OCH3 is 2. The number of aromatic hydroxyl groups is 1. The number of rotatable bonds is 6. The Kier molecular flexibility index (Phi) is 9.70. The molecule has 1 unspecified atom stereocenters. The number of benzene rings is 3. The van der Waals surface area contributed by atoms with Crippen molar-refractivity contribution in [2.45, 2.75) is 94.6 Å². The van der Waals surface area contributed by atoms with E-state index in [0.29, 0.717) is 82.4 Å². The average Bonchev–Trinajstić information content (AvgIpc) is 3.69. The number of phenols is 1. The van der Waals surface area contributed by atoms with Crippen molar-refractivity contribution in [2.75, 3.05) is 39.9 Å². The highest BCUT2D eigenvalue weighted by molar-refractivity contribution is 7.99. The SMILES string of the molecule is CCCC(=O)Oc1cc2c(cc1OC)[C@@]1(CS[C@@H]3c4c(OC(C)=O)c(C)c5c(c4[C@H](COC1=O)N1C3[C@@H]3N[C@@H](Cc4cc(C)c(OC)c(O)c43)[C@@H]1O)OCO5)NCC2. The Bertz CT molecular complexity index is 2250. The first-order chi connectivity index (χ1) is 27.9. The lowest BCUT2D eigenvalue weighted by molar-refractivity contribution is -0.164. The predicted molar refractivity (Wildman–Crippen MR) is 209 cm³/mol. The van der Waals surface area contributed by atoms with Crippen LogP contribution in [0.3, 0.4) is 0 Å². The molecule has 7 aliphatic rings. The number of hydrogen-bond acceptors (Lipinski definition) is 16. The maximum absolute atomic E-state index is 14.9. The molecule has 16 heteroatoms. The van der Waals surface area contributed by atoms with Gasteiger partial charge in [-0.15, -0.1) is 11.8 Å². The number of esters is 3. The van der Waals surface area contributed by atoms with Gasteiger partial charge in [-0.25, -0.2) is 4.79 Å². The van der Waals surface area contributed by atoms with Crippen LogP contribution in [0.15, 0.2) is 18.2 Å². The van der Waals surface area contributed by atoms with Crippen LogP contribution < -0.4 is 39.1 Å². The highest BCUT2D eigenvalue weighted by Gasteiger charge is 2.60. The van der Waals surface area contributed by atoms with Crippen molar-refractivity contribution < 1.29 is 57.8 Å². The molecule has 58 heavy (non-hydrogen) atoms. The number of aliphatic hydroxyl groups excluding tert-OH is 1. The number of aryl methyl sites for hydroxylation is 1. The Hall–Kier alpha value is -4.74. The van der Waals surface area contributed by atoms with Crippen molar-refractivity contribution in [3.05, 3.63) is 62.7 Å². The van der Waals surface area contributed by atoms with Gasteiger partial charge in [-0.3, -0.25) is 19.8 Å². The van der Waals surface area contributed by atoms with E-state index in [4.69, 9.17) is 33.2 Å². The monoisotopic (exact) mass is 817 g/mol. The summed E-state index contributed by atoms with van der Waals surface area (Å²) in [6, 6.07) is 3.09. The van der Waals surface area contributed by atoms with Crippen LogP contribution in [0.25, 0.3) is 0 Å². The van der Waals surface area contributed by atoms with Gasteiger partial charge in [0.05, 0.1) is 37.6 Å². The summed E-state index contributed by atoms with van der Waals surface area (Å²) in [6.45, 7) is 7.06. The van der Waals surface area contributed by atoms with Crippen molar-refractivity contribution >= 4 is 29.7 Å². The largest absolute Gasteiger partial charge is 0.504 e. The first kappa shape index (κ1) is 38.8. The van der Waals surface area contributed by atoms with E-state index in [9.17, 15) is 24.6 Å². The van der Waals surface area contributed by atoms with Crippen LogP contribution in [0.5, 0.6) is 40.2 Å². The van der Waals surface area contributed by atoms with Crippen molar-refractivity contribution in [3.8, 4) is 40.2 Å². The topological polar surface area (TPSA) is 184 Å². The standard InChI is InChI=1S/C42H47N3O12S/c1-7-8-28(47)57-27-13-21-9-10-43-42(23(21)14-26(27)51-5)16-58-39-31-30(38-37(54-17-55-38)19(3)36(31)56-20(4)46)25(15-53-41(42)50)45-33(39)32-29-22(12-24(44-32)40(45)49)11-18(2)35(52-6)34(29)48/h11,13-14,24-25,32-33,39-40,43-44,48-49H,7-10,12,15-17H2,1-6H3/t24-,25-,32+,33?,39+,40-,42+/m0/s1. The second-order valence-corrected chi connectivity index (χ2v) is 16.8. The summed E-state index contributed by atoms with van der Waals surface area (Å²) in [7, 11) is 3.01. The van der Waals surface area contributed by atoms with Gasteiger partial charge in [-0.05, 0) is 67.5 Å². The highest BCUT2D eigenvalue weighted by atomic mass is 32.2.